The highest BCUT2D eigenvalue weighted by Crippen LogP contribution is 2.35. The van der Waals surface area contributed by atoms with Gasteiger partial charge in [0.05, 0.1) is 25.8 Å². The van der Waals surface area contributed by atoms with Crippen molar-refractivity contribution in [3.8, 4) is 11.5 Å². The molecule has 0 bridgehead atoms. The Hall–Kier alpha value is -2.50. The fraction of sp³-hybridized carbons (Fsp3) is 0.286. The minimum absolute atomic E-state index is 0.0576. The van der Waals surface area contributed by atoms with E-state index in [0.717, 1.165) is 0 Å². The van der Waals surface area contributed by atoms with Gasteiger partial charge in [0.2, 0.25) is 0 Å². The molecule has 2 rings (SSSR count). The Morgan fingerprint density at radius 2 is 1.90 bits per heavy atom. The van der Waals surface area contributed by atoms with Crippen LogP contribution in [0.25, 0.3) is 0 Å². The number of nitrogens with one attached hydrogen (secondary N) is 1. The molecule has 0 saturated carbocycles. The van der Waals surface area contributed by atoms with Crippen molar-refractivity contribution >= 4 is 11.7 Å². The summed E-state index contributed by atoms with van der Waals surface area (Å²) in [6.07, 6.45) is 0. The molecule has 0 saturated heterocycles. The molecule has 6 nitrogen and oxygen atoms in total. The van der Waals surface area contributed by atoms with Gasteiger partial charge in [0.1, 0.15) is 0 Å². The van der Waals surface area contributed by atoms with Crippen molar-refractivity contribution in [1.29, 1.82) is 0 Å². The molecule has 1 aliphatic rings. The first-order valence-corrected chi connectivity index (χ1v) is 5.96. The van der Waals surface area contributed by atoms with Crippen LogP contribution < -0.4 is 14.8 Å². The minimum Gasteiger partial charge on any atom is -0.503 e. The fourth-order valence-corrected chi connectivity index (χ4v) is 2.18. The van der Waals surface area contributed by atoms with Gasteiger partial charge < -0.3 is 19.9 Å². The highest BCUT2D eigenvalue weighted by Gasteiger charge is 2.35. The predicted molar refractivity (Wildman–Crippen MR) is 70.8 cm³/mol. The number of rotatable bonds is 4. The molecule has 0 aliphatic carbocycles. The molecule has 20 heavy (non-hydrogen) atoms. The summed E-state index contributed by atoms with van der Waals surface area (Å²) >= 11 is 0. The summed E-state index contributed by atoms with van der Waals surface area (Å²) < 4.78 is 10.3. The van der Waals surface area contributed by atoms with E-state index in [1.54, 1.807) is 18.2 Å². The standard InChI is InChI=1S/C14H15NO5/c1-7(16)11-12(15-14(18)13(11)17)8-4-5-9(19-2)10(6-8)20-3/h4-6,12,17H,1-3H3,(H,15,18)/t12-/m1/s1. The quantitative estimate of drug-likeness (QED) is 0.866. The first-order valence-electron chi connectivity index (χ1n) is 5.96. The smallest absolute Gasteiger partial charge is 0.287 e. The van der Waals surface area contributed by atoms with Gasteiger partial charge >= 0.3 is 0 Å². The molecule has 0 radical (unpaired) electrons. The second-order valence-corrected chi connectivity index (χ2v) is 4.34. The molecule has 1 aromatic rings. The van der Waals surface area contributed by atoms with E-state index in [2.05, 4.69) is 5.32 Å². The van der Waals surface area contributed by atoms with Gasteiger partial charge in [-0.1, -0.05) is 6.07 Å². The third-order valence-electron chi connectivity index (χ3n) is 3.15. The molecule has 106 valence electrons. The Bertz CT molecular complexity index is 606. The van der Waals surface area contributed by atoms with Crippen molar-refractivity contribution in [2.75, 3.05) is 14.2 Å². The largest absolute Gasteiger partial charge is 0.503 e. The molecule has 0 unspecified atom stereocenters. The number of amides is 1. The summed E-state index contributed by atoms with van der Waals surface area (Å²) in [5.74, 6) is -0.528. The van der Waals surface area contributed by atoms with E-state index in [-0.39, 0.29) is 11.4 Å². The van der Waals surface area contributed by atoms with E-state index in [0.29, 0.717) is 17.1 Å². The molecular formula is C14H15NO5. The lowest BCUT2D eigenvalue weighted by molar-refractivity contribution is -0.119. The molecule has 1 aliphatic heterocycles. The zero-order valence-electron chi connectivity index (χ0n) is 11.4. The first kappa shape index (κ1) is 13.9. The first-order chi connectivity index (χ1) is 9.49. The summed E-state index contributed by atoms with van der Waals surface area (Å²) in [5, 5.41) is 12.2. The molecule has 0 aromatic heterocycles. The Morgan fingerprint density at radius 3 is 2.45 bits per heavy atom. The van der Waals surface area contributed by atoms with E-state index in [1.165, 1.54) is 21.1 Å². The third kappa shape index (κ3) is 2.20. The minimum atomic E-state index is -0.681. The van der Waals surface area contributed by atoms with Gasteiger partial charge in [-0.25, -0.2) is 0 Å². The maximum absolute atomic E-state index is 11.6. The van der Waals surface area contributed by atoms with E-state index in [1.807, 2.05) is 0 Å². The van der Waals surface area contributed by atoms with Crippen molar-refractivity contribution in [3.05, 3.63) is 35.1 Å². The predicted octanol–water partition coefficient (Wildman–Crippen LogP) is 1.28. The number of Topliss-reactive ketones (excluding diaryl/α,β-unsaturated/α-hetero) is 1. The van der Waals surface area contributed by atoms with Gasteiger partial charge in [0.15, 0.2) is 23.0 Å². The fourth-order valence-electron chi connectivity index (χ4n) is 2.18. The number of benzene rings is 1. The highest BCUT2D eigenvalue weighted by atomic mass is 16.5. The van der Waals surface area contributed by atoms with Gasteiger partial charge in [-0.3, -0.25) is 9.59 Å². The van der Waals surface area contributed by atoms with Crippen LogP contribution in [-0.2, 0) is 9.59 Å². The Morgan fingerprint density at radius 1 is 1.25 bits per heavy atom. The number of ketones is 1. The van der Waals surface area contributed by atoms with Crippen LogP contribution in [0.1, 0.15) is 18.5 Å². The molecular weight excluding hydrogens is 262 g/mol. The molecule has 1 atom stereocenters. The van der Waals surface area contributed by atoms with Gasteiger partial charge in [-0.15, -0.1) is 0 Å². The van der Waals surface area contributed by atoms with Gasteiger partial charge in [-0.05, 0) is 24.6 Å². The van der Waals surface area contributed by atoms with E-state index in [9.17, 15) is 14.7 Å². The van der Waals surface area contributed by atoms with Crippen LogP contribution in [0.15, 0.2) is 29.5 Å². The molecule has 1 heterocycles. The monoisotopic (exact) mass is 277 g/mol. The van der Waals surface area contributed by atoms with Crippen LogP contribution in [0, 0.1) is 0 Å². The Balaban J connectivity index is 2.47. The number of aliphatic hydroxyl groups is 1. The average molecular weight is 277 g/mol. The number of carbonyl (C=O) groups is 2. The van der Waals surface area contributed by atoms with Crippen molar-refractivity contribution < 1.29 is 24.2 Å². The topological polar surface area (TPSA) is 84.9 Å². The third-order valence-corrected chi connectivity index (χ3v) is 3.15. The Labute approximate surface area is 116 Å². The second kappa shape index (κ2) is 5.24. The van der Waals surface area contributed by atoms with Crippen molar-refractivity contribution in [3.63, 3.8) is 0 Å². The zero-order valence-corrected chi connectivity index (χ0v) is 11.4. The van der Waals surface area contributed by atoms with Crippen LogP contribution in [0.2, 0.25) is 0 Å². The van der Waals surface area contributed by atoms with E-state index in [4.69, 9.17) is 9.47 Å². The van der Waals surface area contributed by atoms with Gasteiger partial charge in [0, 0.05) is 0 Å². The summed E-state index contributed by atoms with van der Waals surface area (Å²) in [6.45, 7) is 1.31. The molecule has 6 heteroatoms. The summed E-state index contributed by atoms with van der Waals surface area (Å²) in [4.78, 5) is 23.1. The normalized spacial score (nSPS) is 17.9. The average Bonchev–Trinajstić information content (AvgIpc) is 2.74. The Kier molecular flexibility index (Phi) is 3.65. The van der Waals surface area contributed by atoms with Crippen LogP contribution in [0.3, 0.4) is 0 Å². The summed E-state index contributed by atoms with van der Waals surface area (Å²) in [5.41, 5.74) is 0.687. The molecule has 0 spiro atoms. The SMILES string of the molecule is COc1ccc([C@H]2NC(=O)C(O)=C2C(C)=O)cc1OC. The maximum Gasteiger partial charge on any atom is 0.287 e. The van der Waals surface area contributed by atoms with E-state index >= 15 is 0 Å². The van der Waals surface area contributed by atoms with Crippen LogP contribution >= 0.6 is 0 Å². The summed E-state index contributed by atoms with van der Waals surface area (Å²) in [7, 11) is 3.01. The van der Waals surface area contributed by atoms with Gasteiger partial charge in [0.25, 0.3) is 5.91 Å². The van der Waals surface area contributed by atoms with Crippen LogP contribution in [0.5, 0.6) is 11.5 Å². The highest BCUT2D eigenvalue weighted by molar-refractivity contribution is 6.08. The molecule has 1 amide bonds. The van der Waals surface area contributed by atoms with Crippen molar-refractivity contribution in [2.45, 2.75) is 13.0 Å². The van der Waals surface area contributed by atoms with Crippen LogP contribution in [0.4, 0.5) is 0 Å². The lowest BCUT2D eigenvalue weighted by Gasteiger charge is -2.16. The van der Waals surface area contributed by atoms with Crippen molar-refractivity contribution in [1.82, 2.24) is 5.32 Å². The van der Waals surface area contributed by atoms with Gasteiger partial charge in [-0.2, -0.15) is 0 Å². The number of methoxy groups -OCH3 is 2. The lowest BCUT2D eigenvalue weighted by atomic mass is 9.97. The molecule has 2 N–H and O–H groups in total. The maximum atomic E-state index is 11.6. The number of ether oxygens (including phenoxy) is 2. The lowest BCUT2D eigenvalue weighted by Crippen LogP contribution is -2.23. The summed E-state index contributed by atoms with van der Waals surface area (Å²) in [6, 6.07) is 4.35. The molecule has 1 aromatic carbocycles. The second-order valence-electron chi connectivity index (χ2n) is 4.34. The number of carbonyl (C=O) groups excluding carboxylic acids is 2. The number of aliphatic hydroxyl groups excluding tert-OH is 1. The van der Waals surface area contributed by atoms with E-state index < -0.39 is 17.7 Å². The zero-order chi connectivity index (χ0) is 14.9. The number of hydrogen-bond donors (Lipinski definition) is 2. The van der Waals surface area contributed by atoms with Crippen LogP contribution in [-0.4, -0.2) is 31.0 Å². The molecule has 0 fully saturated rings. The number of hydrogen-bond acceptors (Lipinski definition) is 5. The van der Waals surface area contributed by atoms with Crippen molar-refractivity contribution in [2.24, 2.45) is 0 Å².